The first-order chi connectivity index (χ1) is 12.6. The van der Waals surface area contributed by atoms with Gasteiger partial charge in [0.25, 0.3) is 0 Å². The van der Waals surface area contributed by atoms with Crippen LogP contribution in [-0.2, 0) is 6.42 Å². The van der Waals surface area contributed by atoms with Crippen LogP contribution in [0, 0.1) is 6.92 Å². The predicted molar refractivity (Wildman–Crippen MR) is 99.7 cm³/mol. The van der Waals surface area contributed by atoms with Gasteiger partial charge in [-0.15, -0.1) is 0 Å². The van der Waals surface area contributed by atoms with Crippen LogP contribution in [0.15, 0.2) is 42.6 Å². The number of nitrogens with one attached hydrogen (secondary N) is 1. The van der Waals surface area contributed by atoms with Crippen LogP contribution >= 0.6 is 0 Å². The van der Waals surface area contributed by atoms with E-state index in [-0.39, 0.29) is 12.1 Å². The average Bonchev–Trinajstić information content (AvgIpc) is 3.13. The normalized spacial score (nSPS) is 16.4. The fourth-order valence-electron chi connectivity index (χ4n) is 2.92. The Hall–Kier alpha value is -2.76. The first-order valence-electron chi connectivity index (χ1n) is 8.89. The lowest BCUT2D eigenvalue weighted by Gasteiger charge is -2.17. The van der Waals surface area contributed by atoms with E-state index in [2.05, 4.69) is 10.3 Å². The van der Waals surface area contributed by atoms with Crippen LogP contribution in [0.5, 0.6) is 11.6 Å². The minimum Gasteiger partial charge on any atom is -0.497 e. The second-order valence-corrected chi connectivity index (χ2v) is 6.48. The van der Waals surface area contributed by atoms with Gasteiger partial charge in [-0.2, -0.15) is 0 Å². The second-order valence-electron chi connectivity index (χ2n) is 6.48. The molecule has 0 radical (unpaired) electrons. The van der Waals surface area contributed by atoms with Gasteiger partial charge in [-0.3, -0.25) is 0 Å². The number of methoxy groups -OCH3 is 1. The number of carbonyl (C=O) groups excluding carboxylic acids is 1. The van der Waals surface area contributed by atoms with Crippen LogP contribution < -0.4 is 14.8 Å². The second kappa shape index (κ2) is 8.56. The van der Waals surface area contributed by atoms with Gasteiger partial charge in [0, 0.05) is 31.8 Å². The largest absolute Gasteiger partial charge is 0.497 e. The summed E-state index contributed by atoms with van der Waals surface area (Å²) in [5, 5.41) is 2.98. The Labute approximate surface area is 154 Å². The number of carbonyl (C=O) groups is 1. The SMILES string of the molecule is COc1ccc(CCNC(=O)N2CCC(Oc3ccc(C)cn3)C2)cc1. The monoisotopic (exact) mass is 355 g/mol. The van der Waals surface area contributed by atoms with E-state index in [0.717, 1.165) is 24.2 Å². The highest BCUT2D eigenvalue weighted by Crippen LogP contribution is 2.17. The van der Waals surface area contributed by atoms with Crippen LogP contribution in [0.1, 0.15) is 17.5 Å². The number of pyridine rings is 1. The van der Waals surface area contributed by atoms with Crippen molar-refractivity contribution in [2.24, 2.45) is 0 Å². The molecule has 1 aliphatic rings. The number of hydrogen-bond donors (Lipinski definition) is 1. The smallest absolute Gasteiger partial charge is 0.317 e. The van der Waals surface area contributed by atoms with Gasteiger partial charge in [-0.05, 0) is 36.6 Å². The van der Waals surface area contributed by atoms with Gasteiger partial charge in [0.1, 0.15) is 11.9 Å². The minimum absolute atomic E-state index is 0.00227. The van der Waals surface area contributed by atoms with E-state index in [9.17, 15) is 4.79 Å². The molecule has 1 atom stereocenters. The van der Waals surface area contributed by atoms with Crippen molar-refractivity contribution in [2.45, 2.75) is 25.9 Å². The van der Waals surface area contributed by atoms with Crippen molar-refractivity contribution in [3.05, 3.63) is 53.7 Å². The van der Waals surface area contributed by atoms with E-state index >= 15 is 0 Å². The molecule has 2 aromatic rings. The van der Waals surface area contributed by atoms with E-state index in [0.29, 0.717) is 25.5 Å². The summed E-state index contributed by atoms with van der Waals surface area (Å²) in [7, 11) is 1.65. The molecule has 0 bridgehead atoms. The Morgan fingerprint density at radius 1 is 1.27 bits per heavy atom. The van der Waals surface area contributed by atoms with Gasteiger partial charge in [-0.1, -0.05) is 18.2 Å². The van der Waals surface area contributed by atoms with Gasteiger partial charge in [0.2, 0.25) is 5.88 Å². The van der Waals surface area contributed by atoms with Gasteiger partial charge in [0.05, 0.1) is 13.7 Å². The van der Waals surface area contributed by atoms with Gasteiger partial charge in [0.15, 0.2) is 0 Å². The highest BCUT2D eigenvalue weighted by Gasteiger charge is 2.27. The molecule has 0 saturated carbocycles. The summed E-state index contributed by atoms with van der Waals surface area (Å²) in [6, 6.07) is 11.7. The fourth-order valence-corrected chi connectivity index (χ4v) is 2.92. The van der Waals surface area contributed by atoms with Crippen LogP contribution in [-0.4, -0.2) is 48.8 Å². The Balaban J connectivity index is 1.40. The number of urea groups is 1. The van der Waals surface area contributed by atoms with Crippen molar-refractivity contribution < 1.29 is 14.3 Å². The molecule has 2 heterocycles. The lowest BCUT2D eigenvalue weighted by Crippen LogP contribution is -2.40. The van der Waals surface area contributed by atoms with Gasteiger partial charge < -0.3 is 19.7 Å². The molecule has 26 heavy (non-hydrogen) atoms. The number of benzene rings is 1. The lowest BCUT2D eigenvalue weighted by molar-refractivity contribution is 0.183. The zero-order valence-electron chi connectivity index (χ0n) is 15.3. The summed E-state index contributed by atoms with van der Waals surface area (Å²) in [4.78, 5) is 18.4. The number of nitrogens with zero attached hydrogens (tertiary/aromatic N) is 2. The third-order valence-corrected chi connectivity index (χ3v) is 4.45. The summed E-state index contributed by atoms with van der Waals surface area (Å²) in [5.74, 6) is 1.45. The Morgan fingerprint density at radius 2 is 2.08 bits per heavy atom. The zero-order chi connectivity index (χ0) is 18.4. The quantitative estimate of drug-likeness (QED) is 0.865. The minimum atomic E-state index is -0.0403. The number of amides is 2. The molecule has 1 fully saturated rings. The summed E-state index contributed by atoms with van der Waals surface area (Å²) in [6.45, 7) is 3.88. The molecule has 0 aliphatic carbocycles. The Bertz CT molecular complexity index is 716. The topological polar surface area (TPSA) is 63.7 Å². The third-order valence-electron chi connectivity index (χ3n) is 4.45. The predicted octanol–water partition coefficient (Wildman–Crippen LogP) is 2.80. The lowest BCUT2D eigenvalue weighted by atomic mass is 10.1. The molecule has 3 rings (SSSR count). The highest BCUT2D eigenvalue weighted by atomic mass is 16.5. The fraction of sp³-hybridized carbons (Fsp3) is 0.400. The molecule has 1 saturated heterocycles. The average molecular weight is 355 g/mol. The number of likely N-dealkylation sites (tertiary alicyclic amines) is 1. The van der Waals surface area contributed by atoms with Gasteiger partial charge >= 0.3 is 6.03 Å². The number of aryl methyl sites for hydroxylation is 1. The number of hydrogen-bond acceptors (Lipinski definition) is 4. The number of ether oxygens (including phenoxy) is 2. The maximum absolute atomic E-state index is 12.3. The van der Waals surface area contributed by atoms with Crippen molar-refractivity contribution in [2.75, 3.05) is 26.7 Å². The molecule has 2 amide bonds. The molecular formula is C20H25N3O3. The standard InChI is InChI=1S/C20H25N3O3/c1-15-3-8-19(22-13-15)26-18-10-12-23(14-18)20(24)21-11-9-16-4-6-17(25-2)7-5-16/h3-8,13,18H,9-12,14H2,1-2H3,(H,21,24). The van der Waals surface area contributed by atoms with Crippen LogP contribution in [0.4, 0.5) is 4.79 Å². The van der Waals surface area contributed by atoms with E-state index in [1.165, 1.54) is 5.56 Å². The van der Waals surface area contributed by atoms with E-state index in [4.69, 9.17) is 9.47 Å². The first kappa shape index (κ1) is 18.0. The Kier molecular flexibility index (Phi) is 5.94. The van der Waals surface area contributed by atoms with Crippen LogP contribution in [0.3, 0.4) is 0 Å². The number of aromatic nitrogens is 1. The molecule has 1 aliphatic heterocycles. The molecule has 6 heteroatoms. The van der Waals surface area contributed by atoms with Crippen molar-refractivity contribution in [1.29, 1.82) is 0 Å². The first-order valence-corrected chi connectivity index (χ1v) is 8.89. The van der Waals surface area contributed by atoms with Crippen molar-refractivity contribution in [3.8, 4) is 11.6 Å². The molecule has 1 aromatic carbocycles. The molecule has 6 nitrogen and oxygen atoms in total. The number of rotatable bonds is 6. The summed E-state index contributed by atoms with van der Waals surface area (Å²) in [6.07, 6.45) is 3.39. The third kappa shape index (κ3) is 4.88. The Morgan fingerprint density at radius 3 is 2.77 bits per heavy atom. The van der Waals surface area contributed by atoms with Crippen molar-refractivity contribution >= 4 is 6.03 Å². The van der Waals surface area contributed by atoms with E-state index in [1.54, 1.807) is 18.2 Å². The van der Waals surface area contributed by atoms with E-state index in [1.807, 2.05) is 43.3 Å². The molecule has 1 aromatic heterocycles. The van der Waals surface area contributed by atoms with Crippen LogP contribution in [0.25, 0.3) is 0 Å². The summed E-state index contributed by atoms with van der Waals surface area (Å²) < 4.78 is 11.0. The van der Waals surface area contributed by atoms with Gasteiger partial charge in [-0.25, -0.2) is 9.78 Å². The summed E-state index contributed by atoms with van der Waals surface area (Å²) >= 11 is 0. The highest BCUT2D eigenvalue weighted by molar-refractivity contribution is 5.74. The van der Waals surface area contributed by atoms with Crippen LogP contribution in [0.2, 0.25) is 0 Å². The molecule has 1 N–H and O–H groups in total. The molecule has 1 unspecified atom stereocenters. The maximum Gasteiger partial charge on any atom is 0.317 e. The van der Waals surface area contributed by atoms with E-state index < -0.39 is 0 Å². The molecule has 0 spiro atoms. The molecular weight excluding hydrogens is 330 g/mol. The molecule has 138 valence electrons. The zero-order valence-corrected chi connectivity index (χ0v) is 15.3. The van der Waals surface area contributed by atoms with Crippen molar-refractivity contribution in [3.63, 3.8) is 0 Å². The maximum atomic E-state index is 12.3. The summed E-state index contributed by atoms with van der Waals surface area (Å²) in [5.41, 5.74) is 2.26. The van der Waals surface area contributed by atoms with Crippen molar-refractivity contribution in [1.82, 2.24) is 15.2 Å².